The van der Waals surface area contributed by atoms with E-state index in [4.69, 9.17) is 0 Å². The molecule has 0 aliphatic carbocycles. The van der Waals surface area contributed by atoms with Crippen molar-refractivity contribution in [1.82, 2.24) is 19.6 Å². The number of carbonyl (C=O) groups is 3. The number of imide groups is 1. The summed E-state index contributed by atoms with van der Waals surface area (Å²) in [5, 5.41) is 2.58. The van der Waals surface area contributed by atoms with Crippen molar-refractivity contribution in [1.29, 1.82) is 0 Å². The summed E-state index contributed by atoms with van der Waals surface area (Å²) in [5.74, 6) is -1.52. The Hall–Kier alpha value is -2.80. The topological polar surface area (TPSA) is 104 Å². The molecule has 4 amide bonds. The number of fused-ring (bicyclic) bond motifs is 1. The van der Waals surface area contributed by atoms with Gasteiger partial charge in [-0.15, -0.1) is 0 Å². The van der Waals surface area contributed by atoms with Crippen molar-refractivity contribution in [2.45, 2.75) is 11.3 Å². The Morgan fingerprint density at radius 2 is 1.77 bits per heavy atom. The van der Waals surface area contributed by atoms with Crippen LogP contribution in [0.2, 0.25) is 0 Å². The fourth-order valence-corrected chi connectivity index (χ4v) is 3.65. The van der Waals surface area contributed by atoms with E-state index in [2.05, 4.69) is 15.3 Å². The van der Waals surface area contributed by atoms with Crippen molar-refractivity contribution in [2.75, 3.05) is 23.4 Å². The van der Waals surface area contributed by atoms with E-state index in [0.717, 1.165) is 16.7 Å². The average molecular weight is 457 g/mol. The highest BCUT2D eigenvalue weighted by Gasteiger charge is 2.34. The lowest BCUT2D eigenvalue weighted by Crippen LogP contribution is -2.31. The molecule has 0 fully saturated rings. The molecule has 2 N–H and O–H groups in total. The standard InChI is InChI=1S/C17H14F3N5O3S2/c18-17(19,20)9-30-24-15(28)22-12-5-6-21-16(23-12)29-8-7-25-13(26)10-3-1-2-4-11(10)14(25)27/h1-6H,7-9H2,(H2,21,22,23,24,28). The minimum atomic E-state index is -4.39. The number of nitrogens with one attached hydrogen (secondary N) is 2. The summed E-state index contributed by atoms with van der Waals surface area (Å²) in [6.45, 7) is 0.145. The Morgan fingerprint density at radius 1 is 1.10 bits per heavy atom. The van der Waals surface area contributed by atoms with Crippen molar-refractivity contribution in [3.63, 3.8) is 0 Å². The van der Waals surface area contributed by atoms with Crippen LogP contribution in [0.15, 0.2) is 41.7 Å². The maximum absolute atomic E-state index is 12.3. The maximum atomic E-state index is 12.3. The number of hydrogen-bond acceptors (Lipinski definition) is 7. The zero-order valence-electron chi connectivity index (χ0n) is 15.1. The Labute approximate surface area is 177 Å². The molecule has 2 aromatic rings. The van der Waals surface area contributed by atoms with Crippen LogP contribution in [0.3, 0.4) is 0 Å². The van der Waals surface area contributed by atoms with E-state index in [-0.39, 0.29) is 41.3 Å². The number of anilines is 1. The molecule has 0 spiro atoms. The molecule has 3 rings (SSSR count). The van der Waals surface area contributed by atoms with Crippen LogP contribution < -0.4 is 10.0 Å². The van der Waals surface area contributed by atoms with Crippen LogP contribution in [0.5, 0.6) is 0 Å². The normalized spacial score (nSPS) is 13.4. The number of alkyl halides is 3. The lowest BCUT2D eigenvalue weighted by molar-refractivity contribution is -0.105. The molecule has 0 atom stereocenters. The Kier molecular flexibility index (Phi) is 6.82. The average Bonchev–Trinajstić information content (AvgIpc) is 2.92. The first kappa shape index (κ1) is 21.9. The lowest BCUT2D eigenvalue weighted by atomic mass is 10.1. The molecule has 1 aliphatic rings. The summed E-state index contributed by atoms with van der Waals surface area (Å²) in [6.07, 6.45) is -3.02. The van der Waals surface area contributed by atoms with Crippen LogP contribution in [0, 0.1) is 0 Å². The second-order valence-corrected chi connectivity index (χ2v) is 7.68. The minimum Gasteiger partial charge on any atom is -0.292 e. The Balaban J connectivity index is 1.49. The number of carbonyl (C=O) groups excluding carboxylic acids is 3. The van der Waals surface area contributed by atoms with Crippen molar-refractivity contribution in [3.8, 4) is 0 Å². The molecule has 0 saturated heterocycles. The molecular formula is C17H14F3N5O3S2. The van der Waals surface area contributed by atoms with Gasteiger partial charge in [0.25, 0.3) is 11.8 Å². The largest absolute Gasteiger partial charge is 0.399 e. The van der Waals surface area contributed by atoms with Crippen molar-refractivity contribution < 1.29 is 27.6 Å². The zero-order chi connectivity index (χ0) is 21.7. The summed E-state index contributed by atoms with van der Waals surface area (Å²) in [5.41, 5.74) is 0.730. The second-order valence-electron chi connectivity index (χ2n) is 5.84. The zero-order valence-corrected chi connectivity index (χ0v) is 16.7. The summed E-state index contributed by atoms with van der Waals surface area (Å²) < 4.78 is 38.2. The van der Waals surface area contributed by atoms with E-state index < -0.39 is 18.0 Å². The predicted molar refractivity (Wildman–Crippen MR) is 105 cm³/mol. The number of rotatable bonds is 7. The predicted octanol–water partition coefficient (Wildman–Crippen LogP) is 3.20. The Bertz CT molecular complexity index is 939. The number of aromatic nitrogens is 2. The molecule has 0 unspecified atom stereocenters. The summed E-state index contributed by atoms with van der Waals surface area (Å²) in [6, 6.07) is 7.09. The quantitative estimate of drug-likeness (QED) is 0.285. The van der Waals surface area contributed by atoms with Gasteiger partial charge in [0.05, 0.1) is 11.1 Å². The first-order valence-electron chi connectivity index (χ1n) is 8.41. The van der Waals surface area contributed by atoms with Gasteiger partial charge in [-0.25, -0.2) is 14.8 Å². The number of nitrogens with zero attached hydrogens (tertiary/aromatic N) is 3. The third kappa shape index (κ3) is 5.63. The van der Waals surface area contributed by atoms with Gasteiger partial charge in [0, 0.05) is 18.5 Å². The van der Waals surface area contributed by atoms with E-state index in [1.807, 2.05) is 4.72 Å². The summed E-state index contributed by atoms with van der Waals surface area (Å²) >= 11 is 1.37. The van der Waals surface area contributed by atoms with Gasteiger partial charge in [-0.05, 0) is 30.1 Å². The highest BCUT2D eigenvalue weighted by atomic mass is 32.2. The van der Waals surface area contributed by atoms with E-state index in [1.165, 1.54) is 12.3 Å². The van der Waals surface area contributed by atoms with Gasteiger partial charge in [-0.2, -0.15) is 13.2 Å². The molecule has 1 aromatic heterocycles. The molecule has 1 aliphatic heterocycles. The summed E-state index contributed by atoms with van der Waals surface area (Å²) in [4.78, 5) is 45.5. The minimum absolute atomic E-state index is 0.0957. The number of benzene rings is 1. The molecule has 30 heavy (non-hydrogen) atoms. The van der Waals surface area contributed by atoms with E-state index >= 15 is 0 Å². The highest BCUT2D eigenvalue weighted by molar-refractivity contribution is 7.99. The van der Waals surface area contributed by atoms with Crippen LogP contribution in [0.25, 0.3) is 0 Å². The van der Waals surface area contributed by atoms with E-state index in [0.29, 0.717) is 16.9 Å². The highest BCUT2D eigenvalue weighted by Crippen LogP contribution is 2.24. The molecule has 0 saturated carbocycles. The third-order valence-electron chi connectivity index (χ3n) is 3.70. The monoisotopic (exact) mass is 457 g/mol. The van der Waals surface area contributed by atoms with Crippen LogP contribution >= 0.6 is 23.7 Å². The molecule has 0 bridgehead atoms. The number of urea groups is 1. The fourth-order valence-electron chi connectivity index (χ4n) is 2.48. The van der Waals surface area contributed by atoms with Gasteiger partial charge in [0.15, 0.2) is 5.16 Å². The lowest BCUT2D eigenvalue weighted by Gasteiger charge is -2.13. The van der Waals surface area contributed by atoms with Crippen LogP contribution in [-0.4, -0.2) is 56.9 Å². The van der Waals surface area contributed by atoms with Gasteiger partial charge in [-0.1, -0.05) is 23.9 Å². The molecule has 0 radical (unpaired) electrons. The van der Waals surface area contributed by atoms with Gasteiger partial charge in [-0.3, -0.25) is 24.5 Å². The molecule has 8 nitrogen and oxygen atoms in total. The number of thioether (sulfide) groups is 1. The SMILES string of the molecule is O=C(NSCC(F)(F)F)Nc1ccnc(SCCN2C(=O)c3ccccc3C2=O)n1. The smallest absolute Gasteiger partial charge is 0.292 e. The van der Waals surface area contributed by atoms with Crippen LogP contribution in [-0.2, 0) is 0 Å². The van der Waals surface area contributed by atoms with Crippen LogP contribution in [0.1, 0.15) is 20.7 Å². The van der Waals surface area contributed by atoms with Gasteiger partial charge < -0.3 is 0 Å². The van der Waals surface area contributed by atoms with Crippen molar-refractivity contribution >= 4 is 47.4 Å². The molecule has 1 aromatic carbocycles. The first-order valence-corrected chi connectivity index (χ1v) is 10.4. The van der Waals surface area contributed by atoms with Crippen LogP contribution in [0.4, 0.5) is 23.8 Å². The van der Waals surface area contributed by atoms with Crippen molar-refractivity contribution in [3.05, 3.63) is 47.7 Å². The van der Waals surface area contributed by atoms with E-state index in [1.54, 1.807) is 24.3 Å². The van der Waals surface area contributed by atoms with E-state index in [9.17, 15) is 27.6 Å². The number of hydrogen-bond donors (Lipinski definition) is 2. The number of amides is 4. The Morgan fingerprint density at radius 3 is 2.40 bits per heavy atom. The van der Waals surface area contributed by atoms with Gasteiger partial charge in [0.2, 0.25) is 0 Å². The second kappa shape index (κ2) is 9.34. The van der Waals surface area contributed by atoms with Gasteiger partial charge >= 0.3 is 12.2 Å². The molecule has 13 heteroatoms. The van der Waals surface area contributed by atoms with Gasteiger partial charge in [0.1, 0.15) is 11.6 Å². The number of halogens is 3. The fraction of sp³-hybridized carbons (Fsp3) is 0.235. The molecule has 2 heterocycles. The first-order chi connectivity index (χ1) is 14.2. The molecular weight excluding hydrogens is 443 g/mol. The third-order valence-corrected chi connectivity index (χ3v) is 5.34. The molecule has 158 valence electrons. The maximum Gasteiger partial charge on any atom is 0.399 e. The van der Waals surface area contributed by atoms with Crippen molar-refractivity contribution in [2.24, 2.45) is 0 Å². The summed E-state index contributed by atoms with van der Waals surface area (Å²) in [7, 11) is 0.